The summed E-state index contributed by atoms with van der Waals surface area (Å²) in [6.45, 7) is 0. The van der Waals surface area contributed by atoms with E-state index < -0.39 is 0 Å². The molecule has 21 heavy (non-hydrogen) atoms. The first-order valence-electron chi connectivity index (χ1n) is 6.56. The molecular weight excluding hydrogens is 375 g/mol. The number of ketones is 1. The predicted molar refractivity (Wildman–Crippen MR) is 93.1 cm³/mol. The van der Waals surface area contributed by atoms with E-state index in [1.165, 1.54) is 0 Å². The predicted octanol–water partition coefficient (Wildman–Crippen LogP) is 4.68. The number of hydrogen-bond donors (Lipinski definition) is 0. The van der Waals surface area contributed by atoms with Crippen LogP contribution in [0, 0.1) is 3.57 Å². The van der Waals surface area contributed by atoms with Gasteiger partial charge in [0.2, 0.25) is 0 Å². The highest BCUT2D eigenvalue weighted by Gasteiger charge is 2.12. The van der Waals surface area contributed by atoms with Gasteiger partial charge in [0.25, 0.3) is 0 Å². The van der Waals surface area contributed by atoms with E-state index in [0.29, 0.717) is 5.56 Å². The summed E-state index contributed by atoms with van der Waals surface area (Å²) in [7, 11) is 1.65. The van der Waals surface area contributed by atoms with Crippen molar-refractivity contribution in [3.05, 3.63) is 75.4 Å². The quantitative estimate of drug-likeness (QED) is 0.481. The molecular formula is C18H13IO2. The van der Waals surface area contributed by atoms with Gasteiger partial charge in [0.05, 0.1) is 7.11 Å². The first-order valence-corrected chi connectivity index (χ1v) is 7.64. The van der Waals surface area contributed by atoms with Crippen molar-refractivity contribution in [3.8, 4) is 5.75 Å². The number of fused-ring (bicyclic) bond motifs is 1. The van der Waals surface area contributed by atoms with Gasteiger partial charge in [-0.25, -0.2) is 0 Å². The van der Waals surface area contributed by atoms with E-state index in [1.54, 1.807) is 7.11 Å². The second-order valence-corrected chi connectivity index (χ2v) is 5.90. The smallest absolute Gasteiger partial charge is 0.194 e. The van der Waals surface area contributed by atoms with Gasteiger partial charge in [0.15, 0.2) is 5.78 Å². The number of halogens is 1. The van der Waals surface area contributed by atoms with Crippen LogP contribution in [0.25, 0.3) is 10.8 Å². The molecule has 0 N–H and O–H groups in total. The Morgan fingerprint density at radius 3 is 2.43 bits per heavy atom. The third-order valence-corrected chi connectivity index (χ3v) is 4.37. The van der Waals surface area contributed by atoms with E-state index in [9.17, 15) is 4.79 Å². The maximum atomic E-state index is 12.6. The van der Waals surface area contributed by atoms with Crippen LogP contribution in [0.5, 0.6) is 5.75 Å². The van der Waals surface area contributed by atoms with Gasteiger partial charge in [-0.3, -0.25) is 4.79 Å². The number of rotatable bonds is 3. The van der Waals surface area contributed by atoms with Crippen LogP contribution in [0.3, 0.4) is 0 Å². The summed E-state index contributed by atoms with van der Waals surface area (Å²) >= 11 is 2.19. The van der Waals surface area contributed by atoms with Gasteiger partial charge in [0.1, 0.15) is 5.75 Å². The molecule has 0 aliphatic carbocycles. The maximum Gasteiger partial charge on any atom is 0.194 e. The van der Waals surface area contributed by atoms with Crippen molar-refractivity contribution < 1.29 is 9.53 Å². The molecule has 3 aromatic rings. The summed E-state index contributed by atoms with van der Waals surface area (Å²) < 4.78 is 6.18. The average Bonchev–Trinajstić information content (AvgIpc) is 2.53. The van der Waals surface area contributed by atoms with E-state index >= 15 is 0 Å². The van der Waals surface area contributed by atoms with E-state index in [4.69, 9.17) is 4.74 Å². The van der Waals surface area contributed by atoms with Crippen LogP contribution in [0.1, 0.15) is 15.9 Å². The molecule has 0 unspecified atom stereocenters. The number of ether oxygens (including phenoxy) is 1. The molecule has 2 nitrogen and oxygen atoms in total. The van der Waals surface area contributed by atoms with Gasteiger partial charge < -0.3 is 4.74 Å². The van der Waals surface area contributed by atoms with Crippen LogP contribution in [0.4, 0.5) is 0 Å². The molecule has 3 aromatic carbocycles. The van der Waals surface area contributed by atoms with Crippen LogP contribution >= 0.6 is 22.6 Å². The molecule has 0 aromatic heterocycles. The van der Waals surface area contributed by atoms with Crippen LogP contribution in [-0.4, -0.2) is 12.9 Å². The molecule has 0 saturated carbocycles. The molecule has 0 bridgehead atoms. The van der Waals surface area contributed by atoms with Gasteiger partial charge in [-0.2, -0.15) is 0 Å². The third-order valence-electron chi connectivity index (χ3n) is 3.43. The van der Waals surface area contributed by atoms with Crippen LogP contribution < -0.4 is 4.74 Å². The Labute approximate surface area is 136 Å². The first kappa shape index (κ1) is 14.1. The fourth-order valence-corrected chi connectivity index (χ4v) is 2.93. The molecule has 104 valence electrons. The minimum Gasteiger partial charge on any atom is -0.497 e. The zero-order chi connectivity index (χ0) is 14.8. The Balaban J connectivity index is 2.05. The summed E-state index contributed by atoms with van der Waals surface area (Å²) in [6.07, 6.45) is 0. The van der Waals surface area contributed by atoms with E-state index in [2.05, 4.69) is 22.6 Å². The highest BCUT2D eigenvalue weighted by atomic mass is 127. The van der Waals surface area contributed by atoms with Gasteiger partial charge in [0, 0.05) is 14.7 Å². The Bertz CT molecular complexity index is 824. The number of carbonyl (C=O) groups is 1. The second kappa shape index (κ2) is 5.85. The highest BCUT2D eigenvalue weighted by Crippen LogP contribution is 2.24. The Morgan fingerprint density at radius 2 is 1.67 bits per heavy atom. The Morgan fingerprint density at radius 1 is 0.952 bits per heavy atom. The zero-order valence-corrected chi connectivity index (χ0v) is 13.6. The minimum absolute atomic E-state index is 0.0534. The van der Waals surface area contributed by atoms with Crippen molar-refractivity contribution in [2.45, 2.75) is 0 Å². The standard InChI is InChI=1S/C18H13IO2/c1-21-15-9-8-12-10-14(7-6-13(12)11-15)18(20)16-4-2-3-5-17(16)19/h2-11H,1H3. The van der Waals surface area contributed by atoms with Crippen LogP contribution in [0.2, 0.25) is 0 Å². The number of carbonyl (C=O) groups excluding carboxylic acids is 1. The summed E-state index contributed by atoms with van der Waals surface area (Å²) in [5.41, 5.74) is 1.45. The lowest BCUT2D eigenvalue weighted by Crippen LogP contribution is -2.03. The number of hydrogen-bond acceptors (Lipinski definition) is 2. The molecule has 3 rings (SSSR count). The van der Waals surface area contributed by atoms with Crippen molar-refractivity contribution in [2.24, 2.45) is 0 Å². The molecule has 0 heterocycles. The summed E-state index contributed by atoms with van der Waals surface area (Å²) in [6, 6.07) is 19.2. The summed E-state index contributed by atoms with van der Waals surface area (Å²) in [5.74, 6) is 0.872. The van der Waals surface area contributed by atoms with Gasteiger partial charge in [-0.15, -0.1) is 0 Å². The topological polar surface area (TPSA) is 26.3 Å². The fourth-order valence-electron chi connectivity index (χ4n) is 2.29. The number of benzene rings is 3. The lowest BCUT2D eigenvalue weighted by Gasteiger charge is -2.06. The molecule has 0 atom stereocenters. The van der Waals surface area contributed by atoms with Gasteiger partial charge in [-0.05, 0) is 63.7 Å². The van der Waals surface area contributed by atoms with Gasteiger partial charge >= 0.3 is 0 Å². The maximum absolute atomic E-state index is 12.6. The molecule has 0 aliphatic heterocycles. The highest BCUT2D eigenvalue weighted by molar-refractivity contribution is 14.1. The fraction of sp³-hybridized carbons (Fsp3) is 0.0556. The van der Waals surface area contributed by atoms with E-state index in [0.717, 1.165) is 25.7 Å². The molecule has 3 heteroatoms. The SMILES string of the molecule is COc1ccc2cc(C(=O)c3ccccc3I)ccc2c1. The molecule has 0 radical (unpaired) electrons. The van der Waals surface area contributed by atoms with Crippen molar-refractivity contribution in [1.29, 1.82) is 0 Å². The Hall–Kier alpha value is -1.88. The van der Waals surface area contributed by atoms with E-state index in [1.807, 2.05) is 60.7 Å². The Kier molecular flexibility index (Phi) is 3.92. The van der Waals surface area contributed by atoms with Crippen LogP contribution in [-0.2, 0) is 0 Å². The van der Waals surface area contributed by atoms with Crippen molar-refractivity contribution in [2.75, 3.05) is 7.11 Å². The molecule has 0 spiro atoms. The van der Waals surface area contributed by atoms with E-state index in [-0.39, 0.29) is 5.78 Å². The molecule has 0 amide bonds. The molecule has 0 fully saturated rings. The van der Waals surface area contributed by atoms with Crippen molar-refractivity contribution in [1.82, 2.24) is 0 Å². The number of methoxy groups -OCH3 is 1. The zero-order valence-electron chi connectivity index (χ0n) is 11.5. The molecule has 0 saturated heterocycles. The van der Waals surface area contributed by atoms with Crippen LogP contribution in [0.15, 0.2) is 60.7 Å². The lowest BCUT2D eigenvalue weighted by atomic mass is 10.00. The van der Waals surface area contributed by atoms with Gasteiger partial charge in [-0.1, -0.05) is 30.3 Å². The van der Waals surface area contributed by atoms with Crippen molar-refractivity contribution in [3.63, 3.8) is 0 Å². The minimum atomic E-state index is 0.0534. The first-order chi connectivity index (χ1) is 10.2. The normalized spacial score (nSPS) is 10.6. The molecule has 0 aliphatic rings. The lowest BCUT2D eigenvalue weighted by molar-refractivity contribution is 0.103. The summed E-state index contributed by atoms with van der Waals surface area (Å²) in [5, 5.41) is 2.10. The van der Waals surface area contributed by atoms with Crippen molar-refractivity contribution >= 4 is 39.1 Å². The monoisotopic (exact) mass is 388 g/mol. The average molecular weight is 388 g/mol. The summed E-state index contributed by atoms with van der Waals surface area (Å²) in [4.78, 5) is 12.6. The largest absolute Gasteiger partial charge is 0.497 e. The third kappa shape index (κ3) is 2.78. The second-order valence-electron chi connectivity index (χ2n) is 4.74.